The molecule has 0 unspecified atom stereocenters. The molecule has 59 heavy (non-hydrogen) atoms. The van der Waals surface area contributed by atoms with E-state index in [1.165, 1.54) is 27.1 Å². The Morgan fingerprint density at radius 2 is 0.627 bits per heavy atom. The van der Waals surface area contributed by atoms with Crippen molar-refractivity contribution < 1.29 is 53.6 Å². The summed E-state index contributed by atoms with van der Waals surface area (Å²) in [6, 6.07) is 71.5. The topological polar surface area (TPSA) is 26.3 Å². The average molecular weight is 1160 g/mol. The minimum Gasteiger partial charge on any atom is -0.456 e. The van der Waals surface area contributed by atoms with Gasteiger partial charge in [0, 0.05) is 21.5 Å². The Balaban J connectivity index is 0.000000156. The Morgan fingerprint density at radius 3 is 0.949 bits per heavy atom. The SMILES string of the molecule is [Au+].[Au+].[C-]#Cc1ccc2oc3ccccc3c2c1.[C-]#Cc1ccc2oc3ccccc3c2c1.c1ccc([PH+](C[PH+](c2ccccc2)c2ccccc2)c2ccccc2)cc1. The molecular formula is C53H38Au2O2P2+2. The van der Waals surface area contributed by atoms with Gasteiger partial charge >= 0.3 is 44.8 Å². The van der Waals surface area contributed by atoms with E-state index < -0.39 is 15.8 Å². The van der Waals surface area contributed by atoms with Gasteiger partial charge in [-0.05, 0) is 72.8 Å². The number of benzene rings is 8. The Labute approximate surface area is 379 Å². The second-order valence-electron chi connectivity index (χ2n) is 13.5. The third-order valence-corrected chi connectivity index (χ3v) is 16.8. The first-order valence-corrected chi connectivity index (χ1v) is 22.2. The Hall–Kier alpha value is -5.18. The summed E-state index contributed by atoms with van der Waals surface area (Å²) < 4.78 is 11.3. The molecule has 0 aliphatic rings. The first kappa shape index (κ1) is 43.4. The van der Waals surface area contributed by atoms with Crippen LogP contribution in [0.3, 0.4) is 0 Å². The summed E-state index contributed by atoms with van der Waals surface area (Å²) >= 11 is 0. The number of para-hydroxylation sites is 2. The quantitative estimate of drug-likeness (QED) is 0.0718. The van der Waals surface area contributed by atoms with Gasteiger partial charge in [-0.1, -0.05) is 109 Å². The van der Waals surface area contributed by atoms with Crippen LogP contribution in [-0.4, -0.2) is 5.90 Å². The molecule has 10 aromatic rings. The molecule has 0 radical (unpaired) electrons. The van der Waals surface area contributed by atoms with E-state index in [4.69, 9.17) is 21.7 Å². The largest absolute Gasteiger partial charge is 1.00 e. The Kier molecular flexibility index (Phi) is 15.6. The van der Waals surface area contributed by atoms with Crippen LogP contribution in [0.25, 0.3) is 43.9 Å². The number of fused-ring (bicyclic) bond motifs is 6. The normalized spacial score (nSPS) is 10.4. The van der Waals surface area contributed by atoms with Gasteiger partial charge in [-0.15, -0.1) is 35.4 Å². The Morgan fingerprint density at radius 1 is 0.339 bits per heavy atom. The second kappa shape index (κ2) is 21.2. The molecule has 0 N–H and O–H groups in total. The minimum atomic E-state index is -0.847. The van der Waals surface area contributed by atoms with Crippen molar-refractivity contribution in [3.8, 4) is 11.8 Å². The van der Waals surface area contributed by atoms with Gasteiger partial charge in [0.2, 0.25) is 0 Å². The molecule has 0 atom stereocenters. The molecule has 10 rings (SSSR count). The van der Waals surface area contributed by atoms with Crippen LogP contribution in [0.1, 0.15) is 11.1 Å². The summed E-state index contributed by atoms with van der Waals surface area (Å²) in [7, 11) is -1.69. The third-order valence-electron chi connectivity index (χ3n) is 9.88. The zero-order chi connectivity index (χ0) is 38.8. The zero-order valence-corrected chi connectivity index (χ0v) is 38.1. The van der Waals surface area contributed by atoms with Gasteiger partial charge in [0.1, 0.15) is 59.4 Å². The van der Waals surface area contributed by atoms with Crippen molar-refractivity contribution in [3.63, 3.8) is 0 Å². The molecule has 0 aliphatic heterocycles. The molecule has 0 bridgehead atoms. The second-order valence-corrected chi connectivity index (χ2v) is 19.1. The average Bonchev–Trinajstić information content (AvgIpc) is 3.86. The van der Waals surface area contributed by atoms with Crippen molar-refractivity contribution in [2.45, 2.75) is 0 Å². The summed E-state index contributed by atoms with van der Waals surface area (Å²) in [6.07, 6.45) is 14.2. The fourth-order valence-corrected chi connectivity index (χ4v) is 14.8. The van der Waals surface area contributed by atoms with E-state index in [1.54, 1.807) is 0 Å². The van der Waals surface area contributed by atoms with Crippen LogP contribution in [0.5, 0.6) is 0 Å². The van der Waals surface area contributed by atoms with Crippen LogP contribution in [0, 0.1) is 24.7 Å². The van der Waals surface area contributed by atoms with Gasteiger partial charge in [-0.2, -0.15) is 0 Å². The van der Waals surface area contributed by atoms with E-state index in [2.05, 4.69) is 133 Å². The van der Waals surface area contributed by atoms with Crippen molar-refractivity contribution >= 4 is 80.9 Å². The van der Waals surface area contributed by atoms with Crippen LogP contribution in [-0.2, 0) is 44.8 Å². The molecule has 0 fully saturated rings. The monoisotopic (exact) mass is 1160 g/mol. The fraction of sp³-hybridized carbons (Fsp3) is 0.0189. The van der Waals surface area contributed by atoms with Crippen molar-refractivity contribution in [2.75, 3.05) is 5.90 Å². The van der Waals surface area contributed by atoms with Gasteiger partial charge in [0.15, 0.2) is 5.90 Å². The van der Waals surface area contributed by atoms with E-state index in [1.807, 2.05) is 84.9 Å². The van der Waals surface area contributed by atoms with E-state index in [-0.39, 0.29) is 44.8 Å². The number of hydrogen-bond acceptors (Lipinski definition) is 2. The van der Waals surface area contributed by atoms with Gasteiger partial charge in [0.05, 0.1) is 0 Å². The summed E-state index contributed by atoms with van der Waals surface area (Å²) in [5, 5.41) is 10.3. The smallest absolute Gasteiger partial charge is 0.456 e. The first-order valence-electron chi connectivity index (χ1n) is 18.8. The molecule has 0 aliphatic carbocycles. The maximum atomic E-state index is 7.10. The van der Waals surface area contributed by atoms with Crippen LogP contribution in [0.15, 0.2) is 215 Å². The minimum absolute atomic E-state index is 0. The van der Waals surface area contributed by atoms with Crippen LogP contribution in [0.2, 0.25) is 0 Å². The Bertz CT molecular complexity index is 2680. The predicted octanol–water partition coefficient (Wildman–Crippen LogP) is 11.7. The maximum Gasteiger partial charge on any atom is 1.00 e. The van der Waals surface area contributed by atoms with Crippen LogP contribution >= 0.6 is 15.8 Å². The van der Waals surface area contributed by atoms with E-state index in [0.717, 1.165) is 55.0 Å². The molecule has 0 saturated heterocycles. The zero-order valence-electron chi connectivity index (χ0n) is 31.8. The van der Waals surface area contributed by atoms with Gasteiger partial charge in [0.25, 0.3) is 0 Å². The van der Waals surface area contributed by atoms with Crippen molar-refractivity contribution in [2.24, 2.45) is 0 Å². The fourth-order valence-electron chi connectivity index (χ4n) is 7.08. The molecule has 2 heterocycles. The molecule has 0 amide bonds. The molecular weight excluding hydrogens is 1120 g/mol. The maximum absolute atomic E-state index is 7.10. The summed E-state index contributed by atoms with van der Waals surface area (Å²) in [5.74, 6) is 6.01. The number of hydrogen-bond donors (Lipinski definition) is 0. The first-order chi connectivity index (χ1) is 28.2. The van der Waals surface area contributed by atoms with E-state index in [9.17, 15) is 0 Å². The van der Waals surface area contributed by atoms with Crippen LogP contribution < -0.4 is 21.2 Å². The van der Waals surface area contributed by atoms with Gasteiger partial charge in [-0.3, -0.25) is 11.8 Å². The molecule has 2 nitrogen and oxygen atoms in total. The number of furan rings is 2. The van der Waals surface area contributed by atoms with E-state index in [0.29, 0.717) is 0 Å². The molecule has 0 saturated carbocycles. The molecule has 8 aromatic carbocycles. The van der Waals surface area contributed by atoms with Crippen LogP contribution in [0.4, 0.5) is 0 Å². The van der Waals surface area contributed by atoms with Crippen molar-refractivity contribution in [3.05, 3.63) is 230 Å². The number of rotatable bonds is 6. The molecule has 292 valence electrons. The molecule has 6 heteroatoms. The van der Waals surface area contributed by atoms with Gasteiger partial charge < -0.3 is 21.7 Å². The molecule has 0 spiro atoms. The standard InChI is InChI=1S/C25H22P2.2C14H7O.2Au/c1-5-13-22(14-6-1)26(23-15-7-2-8-16-23)21-27(24-17-9-3-10-18-24)25-19-11-4-12-20-25;2*1-2-10-7-8-14-12(9-10)11-5-3-4-6-13(11)15-14;;/h1-20H,21H2;2*3-9H;;/q;2*-1;2*+1/p+2. The van der Waals surface area contributed by atoms with Crippen molar-refractivity contribution in [1.29, 1.82) is 0 Å². The molecule has 2 aromatic heterocycles. The summed E-state index contributed by atoms with van der Waals surface area (Å²) in [6.45, 7) is 0. The third kappa shape index (κ3) is 10.3. The summed E-state index contributed by atoms with van der Waals surface area (Å²) in [4.78, 5) is 0. The van der Waals surface area contributed by atoms with E-state index >= 15 is 0 Å². The predicted molar refractivity (Wildman–Crippen MR) is 246 cm³/mol. The van der Waals surface area contributed by atoms with Gasteiger partial charge in [-0.25, -0.2) is 0 Å². The van der Waals surface area contributed by atoms with Crippen molar-refractivity contribution in [1.82, 2.24) is 0 Å². The summed E-state index contributed by atoms with van der Waals surface area (Å²) in [5.41, 5.74) is 5.03.